The molecule has 4 rings (SSSR count). The Kier molecular flexibility index (Phi) is 4.61. The lowest BCUT2D eigenvalue weighted by Crippen LogP contribution is -2.32. The number of nitrogens with one attached hydrogen (secondary N) is 1. The molecule has 1 atom stereocenters. The summed E-state index contributed by atoms with van der Waals surface area (Å²) < 4.78 is 5.18. The third-order valence-electron chi connectivity index (χ3n) is 5.53. The summed E-state index contributed by atoms with van der Waals surface area (Å²) in [5.41, 5.74) is 4.38. The molecule has 138 valence electrons. The van der Waals surface area contributed by atoms with E-state index in [4.69, 9.17) is 4.52 Å². The molecule has 2 aromatic heterocycles. The van der Waals surface area contributed by atoms with Crippen LogP contribution in [-0.4, -0.2) is 45.1 Å². The maximum Gasteiger partial charge on any atom is 0.222 e. The fourth-order valence-electron chi connectivity index (χ4n) is 4.03. The van der Waals surface area contributed by atoms with Crippen LogP contribution in [-0.2, 0) is 24.1 Å². The van der Waals surface area contributed by atoms with Crippen LogP contribution in [0.1, 0.15) is 47.5 Å². The van der Waals surface area contributed by atoms with Crippen LogP contribution in [0, 0.1) is 13.8 Å². The molecular weight excluding hydrogens is 330 g/mol. The van der Waals surface area contributed by atoms with E-state index in [1.807, 2.05) is 18.7 Å². The van der Waals surface area contributed by atoms with Gasteiger partial charge in [0.05, 0.1) is 5.69 Å². The Bertz CT molecular complexity index is 797. The number of carbonyl (C=O) groups excluding carboxylic acids is 1. The highest BCUT2D eigenvalue weighted by atomic mass is 16.5. The van der Waals surface area contributed by atoms with Gasteiger partial charge in [-0.15, -0.1) is 0 Å². The van der Waals surface area contributed by atoms with Crippen molar-refractivity contribution in [2.45, 2.75) is 58.4 Å². The third-order valence-corrected chi connectivity index (χ3v) is 5.53. The fourth-order valence-corrected chi connectivity index (χ4v) is 4.03. The first kappa shape index (κ1) is 17.0. The lowest BCUT2D eigenvalue weighted by atomic mass is 10.1. The van der Waals surface area contributed by atoms with Crippen LogP contribution < -0.4 is 5.32 Å². The predicted molar refractivity (Wildman–Crippen MR) is 97.0 cm³/mol. The van der Waals surface area contributed by atoms with Gasteiger partial charge in [-0.2, -0.15) is 0 Å². The molecule has 0 aromatic carbocycles. The Labute approximate surface area is 153 Å². The van der Waals surface area contributed by atoms with Crippen molar-refractivity contribution in [1.82, 2.24) is 20.0 Å². The number of hydrogen-bond donors (Lipinski definition) is 1. The van der Waals surface area contributed by atoms with E-state index in [1.54, 1.807) is 6.33 Å². The normalized spacial score (nSPS) is 19.0. The largest absolute Gasteiger partial charge is 0.365 e. The van der Waals surface area contributed by atoms with Crippen molar-refractivity contribution in [3.8, 4) is 0 Å². The number of likely N-dealkylation sites (tertiary alicyclic amines) is 1. The van der Waals surface area contributed by atoms with Gasteiger partial charge in [0.25, 0.3) is 0 Å². The highest BCUT2D eigenvalue weighted by molar-refractivity contribution is 5.77. The van der Waals surface area contributed by atoms with E-state index in [1.165, 1.54) is 11.3 Å². The molecule has 26 heavy (non-hydrogen) atoms. The van der Waals surface area contributed by atoms with Crippen molar-refractivity contribution < 1.29 is 9.32 Å². The van der Waals surface area contributed by atoms with Crippen LogP contribution >= 0.6 is 0 Å². The molecule has 7 heteroatoms. The minimum Gasteiger partial charge on any atom is -0.365 e. The van der Waals surface area contributed by atoms with Crippen molar-refractivity contribution in [1.29, 1.82) is 0 Å². The minimum atomic E-state index is 0.196. The number of aromatic nitrogens is 3. The number of fused-ring (bicyclic) bond motifs is 1. The second-order valence-corrected chi connectivity index (χ2v) is 7.27. The van der Waals surface area contributed by atoms with Crippen molar-refractivity contribution in [3.05, 3.63) is 34.6 Å². The number of anilines is 1. The van der Waals surface area contributed by atoms with E-state index < -0.39 is 0 Å². The molecule has 1 saturated heterocycles. The zero-order valence-corrected chi connectivity index (χ0v) is 15.4. The van der Waals surface area contributed by atoms with Gasteiger partial charge in [-0.25, -0.2) is 9.97 Å². The number of aryl methyl sites for hydroxylation is 3. The molecule has 0 radical (unpaired) electrons. The first-order chi connectivity index (χ1) is 12.6. The second kappa shape index (κ2) is 7.05. The summed E-state index contributed by atoms with van der Waals surface area (Å²) in [5, 5.41) is 7.50. The molecule has 1 N–H and O–H groups in total. The van der Waals surface area contributed by atoms with Gasteiger partial charge in [0.2, 0.25) is 5.91 Å². The highest BCUT2D eigenvalue weighted by Gasteiger charge is 2.28. The SMILES string of the molecule is Cc1noc(C)c1CCC(=O)N1CC[C@@H](Nc2ncnc3c2CCC3)C1. The van der Waals surface area contributed by atoms with Gasteiger partial charge in [0.1, 0.15) is 17.9 Å². The molecule has 3 heterocycles. The smallest absolute Gasteiger partial charge is 0.222 e. The number of carbonyl (C=O) groups is 1. The van der Waals surface area contributed by atoms with E-state index in [-0.39, 0.29) is 11.9 Å². The van der Waals surface area contributed by atoms with E-state index in [2.05, 4.69) is 20.4 Å². The van der Waals surface area contributed by atoms with Gasteiger partial charge < -0.3 is 14.7 Å². The third kappa shape index (κ3) is 3.30. The molecule has 7 nitrogen and oxygen atoms in total. The van der Waals surface area contributed by atoms with E-state index in [0.29, 0.717) is 12.8 Å². The van der Waals surface area contributed by atoms with E-state index in [0.717, 1.165) is 61.6 Å². The summed E-state index contributed by atoms with van der Waals surface area (Å²) in [7, 11) is 0. The van der Waals surface area contributed by atoms with Gasteiger partial charge in [-0.3, -0.25) is 4.79 Å². The van der Waals surface area contributed by atoms with Gasteiger partial charge in [-0.1, -0.05) is 5.16 Å². The highest BCUT2D eigenvalue weighted by Crippen LogP contribution is 2.27. The molecule has 1 aliphatic heterocycles. The van der Waals surface area contributed by atoms with Crippen molar-refractivity contribution in [2.24, 2.45) is 0 Å². The standard InChI is InChI=1S/C19H25N5O2/c1-12-15(13(2)26-23-12)6-7-18(25)24-9-8-14(10-24)22-19-16-4-3-5-17(16)20-11-21-19/h11,14H,3-10H2,1-2H3,(H,20,21,22)/t14-/m1/s1. The number of rotatable bonds is 5. The summed E-state index contributed by atoms with van der Waals surface area (Å²) >= 11 is 0. The summed E-state index contributed by atoms with van der Waals surface area (Å²) in [5.74, 6) is 1.97. The zero-order chi connectivity index (χ0) is 18.1. The molecular formula is C19H25N5O2. The lowest BCUT2D eigenvalue weighted by molar-refractivity contribution is -0.130. The zero-order valence-electron chi connectivity index (χ0n) is 15.4. The first-order valence-electron chi connectivity index (χ1n) is 9.40. The Morgan fingerprint density at radius 3 is 3.04 bits per heavy atom. The van der Waals surface area contributed by atoms with Crippen LogP contribution in [0.2, 0.25) is 0 Å². The summed E-state index contributed by atoms with van der Waals surface area (Å²) in [6.07, 6.45) is 7.03. The quantitative estimate of drug-likeness (QED) is 0.885. The van der Waals surface area contributed by atoms with Crippen LogP contribution in [0.25, 0.3) is 0 Å². The molecule has 0 bridgehead atoms. The fraction of sp³-hybridized carbons (Fsp3) is 0.579. The van der Waals surface area contributed by atoms with Crippen LogP contribution in [0.15, 0.2) is 10.9 Å². The van der Waals surface area contributed by atoms with E-state index >= 15 is 0 Å². The Morgan fingerprint density at radius 2 is 2.23 bits per heavy atom. The summed E-state index contributed by atoms with van der Waals surface area (Å²) in [6, 6.07) is 0.262. The van der Waals surface area contributed by atoms with Crippen LogP contribution in [0.5, 0.6) is 0 Å². The van der Waals surface area contributed by atoms with Crippen molar-refractivity contribution in [2.75, 3.05) is 18.4 Å². The monoisotopic (exact) mass is 355 g/mol. The predicted octanol–water partition coefficient (Wildman–Crippen LogP) is 2.22. The molecule has 2 aromatic rings. The number of amides is 1. The number of nitrogens with zero attached hydrogens (tertiary/aromatic N) is 4. The van der Waals surface area contributed by atoms with Crippen LogP contribution in [0.3, 0.4) is 0 Å². The lowest BCUT2D eigenvalue weighted by Gasteiger charge is -2.18. The summed E-state index contributed by atoms with van der Waals surface area (Å²) in [6.45, 7) is 5.35. The Balaban J connectivity index is 1.32. The maximum absolute atomic E-state index is 12.6. The first-order valence-corrected chi connectivity index (χ1v) is 9.40. The molecule has 0 saturated carbocycles. The van der Waals surface area contributed by atoms with Crippen molar-refractivity contribution in [3.63, 3.8) is 0 Å². The van der Waals surface area contributed by atoms with Gasteiger partial charge >= 0.3 is 0 Å². The Hall–Kier alpha value is -2.44. The van der Waals surface area contributed by atoms with Crippen LogP contribution in [0.4, 0.5) is 5.82 Å². The number of hydrogen-bond acceptors (Lipinski definition) is 6. The maximum atomic E-state index is 12.6. The van der Waals surface area contributed by atoms with Gasteiger partial charge in [-0.05, 0) is 46.0 Å². The minimum absolute atomic E-state index is 0.196. The molecule has 0 unspecified atom stereocenters. The van der Waals surface area contributed by atoms with Gasteiger partial charge in [0.15, 0.2) is 0 Å². The second-order valence-electron chi connectivity index (χ2n) is 7.27. The van der Waals surface area contributed by atoms with E-state index in [9.17, 15) is 4.79 Å². The molecule has 0 spiro atoms. The average molecular weight is 355 g/mol. The molecule has 1 fully saturated rings. The molecule has 2 aliphatic rings. The topological polar surface area (TPSA) is 84.2 Å². The van der Waals surface area contributed by atoms with Crippen molar-refractivity contribution >= 4 is 11.7 Å². The molecule has 1 amide bonds. The van der Waals surface area contributed by atoms with Gasteiger partial charge in [0, 0.05) is 42.4 Å². The Morgan fingerprint density at radius 1 is 1.35 bits per heavy atom. The molecule has 1 aliphatic carbocycles. The summed E-state index contributed by atoms with van der Waals surface area (Å²) in [4.78, 5) is 23.3. The average Bonchev–Trinajstić information content (AvgIpc) is 3.35.